The highest BCUT2D eigenvalue weighted by Crippen LogP contribution is 2.34. The largest absolute Gasteiger partial charge is 0.481 e. The number of carboxylic acids is 1. The lowest BCUT2D eigenvalue weighted by molar-refractivity contribution is -0.137. The van der Waals surface area contributed by atoms with Crippen molar-refractivity contribution in [1.82, 2.24) is 0 Å². The first-order valence-corrected chi connectivity index (χ1v) is 10.4. The second-order valence-corrected chi connectivity index (χ2v) is 7.21. The lowest BCUT2D eigenvalue weighted by Crippen LogP contribution is -2.18. The molecule has 28 heavy (non-hydrogen) atoms. The Balaban J connectivity index is 2.22. The van der Waals surface area contributed by atoms with Crippen LogP contribution < -0.4 is 0 Å². The van der Waals surface area contributed by atoms with E-state index in [0.717, 1.165) is 19.3 Å². The van der Waals surface area contributed by atoms with Crippen LogP contribution in [0.4, 0.5) is 8.78 Å². The van der Waals surface area contributed by atoms with Crippen molar-refractivity contribution in [3.8, 4) is 0 Å². The third-order valence-corrected chi connectivity index (χ3v) is 4.71. The Labute approximate surface area is 167 Å². The molecule has 0 saturated carbocycles. The smallest absolute Gasteiger partial charge is 0.303 e. The Hall–Kier alpha value is -1.53. The standard InChI is InChI=1S/C22H34F2O4/c1-2-3-4-5-6-7-8-9-11-14-17(23)20(24)21(27)22-18(28-22)15-12-10-13-16-19(25)26/h6-7,9,11,18,21-22,27H,2-5,8,10,12-16H2,1H3,(H,25,26)/b7-6-,11-9-,20-17-. The van der Waals surface area contributed by atoms with Crippen molar-refractivity contribution in [2.45, 2.75) is 95.9 Å². The SMILES string of the molecule is CCCCC/C=C\C/C=C\C/C(F)=C(/F)C(O)C1OC1CCCCCC(=O)O. The van der Waals surface area contributed by atoms with Gasteiger partial charge in [-0.15, -0.1) is 0 Å². The Morgan fingerprint density at radius 3 is 2.54 bits per heavy atom. The van der Waals surface area contributed by atoms with Gasteiger partial charge in [-0.05, 0) is 32.1 Å². The summed E-state index contributed by atoms with van der Waals surface area (Å²) in [6.07, 6.45) is 12.8. The summed E-state index contributed by atoms with van der Waals surface area (Å²) < 4.78 is 33.1. The molecular weight excluding hydrogens is 366 g/mol. The van der Waals surface area contributed by atoms with Gasteiger partial charge >= 0.3 is 5.97 Å². The predicted octanol–water partition coefficient (Wildman–Crippen LogP) is 5.77. The van der Waals surface area contributed by atoms with Crippen LogP contribution in [0, 0.1) is 0 Å². The summed E-state index contributed by atoms with van der Waals surface area (Å²) in [6, 6.07) is 0. The molecule has 0 aliphatic carbocycles. The minimum atomic E-state index is -1.57. The van der Waals surface area contributed by atoms with E-state index in [9.17, 15) is 18.7 Å². The number of aliphatic hydroxyl groups is 1. The topological polar surface area (TPSA) is 70.1 Å². The monoisotopic (exact) mass is 400 g/mol. The average molecular weight is 401 g/mol. The number of ether oxygens (including phenoxy) is 1. The normalized spacial score (nSPS) is 21.3. The molecule has 2 N–H and O–H groups in total. The van der Waals surface area contributed by atoms with Crippen LogP contribution in [0.5, 0.6) is 0 Å². The van der Waals surface area contributed by atoms with Crippen LogP contribution in [0.15, 0.2) is 36.0 Å². The Morgan fingerprint density at radius 1 is 1.07 bits per heavy atom. The fourth-order valence-electron chi connectivity index (χ4n) is 2.96. The van der Waals surface area contributed by atoms with E-state index in [0.29, 0.717) is 19.3 Å². The van der Waals surface area contributed by atoms with Crippen LogP contribution in [0.25, 0.3) is 0 Å². The number of unbranched alkanes of at least 4 members (excludes halogenated alkanes) is 5. The van der Waals surface area contributed by atoms with Crippen LogP contribution in [-0.2, 0) is 9.53 Å². The molecular formula is C22H34F2O4. The molecule has 6 heteroatoms. The fourth-order valence-corrected chi connectivity index (χ4v) is 2.96. The van der Waals surface area contributed by atoms with Crippen LogP contribution >= 0.6 is 0 Å². The van der Waals surface area contributed by atoms with E-state index in [1.54, 1.807) is 12.2 Å². The number of halogens is 2. The van der Waals surface area contributed by atoms with E-state index < -0.39 is 29.8 Å². The first-order valence-electron chi connectivity index (χ1n) is 10.4. The molecule has 160 valence electrons. The molecule has 1 heterocycles. The highest BCUT2D eigenvalue weighted by atomic mass is 19.2. The molecule has 1 rings (SSSR count). The van der Waals surface area contributed by atoms with Crippen LogP contribution in [0.2, 0.25) is 0 Å². The van der Waals surface area contributed by atoms with E-state index in [-0.39, 0.29) is 18.9 Å². The summed E-state index contributed by atoms with van der Waals surface area (Å²) in [5, 5.41) is 18.5. The fraction of sp³-hybridized carbons (Fsp3) is 0.682. The average Bonchev–Trinajstić information content (AvgIpc) is 3.44. The van der Waals surface area contributed by atoms with Gasteiger partial charge in [-0.25, -0.2) is 8.78 Å². The molecule has 0 amide bonds. The van der Waals surface area contributed by atoms with Gasteiger partial charge < -0.3 is 14.9 Å². The third kappa shape index (κ3) is 10.7. The number of aliphatic hydroxyl groups excluding tert-OH is 1. The number of carbonyl (C=O) groups is 1. The van der Waals surface area contributed by atoms with Crippen molar-refractivity contribution in [1.29, 1.82) is 0 Å². The summed E-state index contributed by atoms with van der Waals surface area (Å²) >= 11 is 0. The van der Waals surface area contributed by atoms with Crippen molar-refractivity contribution in [2.75, 3.05) is 0 Å². The number of hydrogen-bond donors (Lipinski definition) is 2. The van der Waals surface area contributed by atoms with E-state index in [2.05, 4.69) is 13.0 Å². The van der Waals surface area contributed by atoms with Gasteiger partial charge in [-0.3, -0.25) is 4.79 Å². The molecule has 3 atom stereocenters. The maximum Gasteiger partial charge on any atom is 0.303 e. The molecule has 3 unspecified atom stereocenters. The molecule has 1 aliphatic heterocycles. The lowest BCUT2D eigenvalue weighted by Gasteiger charge is -2.06. The maximum absolute atomic E-state index is 14.0. The van der Waals surface area contributed by atoms with E-state index in [1.165, 1.54) is 19.3 Å². The molecule has 0 radical (unpaired) electrons. The molecule has 0 aromatic rings. The van der Waals surface area contributed by atoms with Gasteiger partial charge in [0.25, 0.3) is 0 Å². The van der Waals surface area contributed by atoms with Gasteiger partial charge in [0.1, 0.15) is 18.0 Å². The number of rotatable bonds is 16. The predicted molar refractivity (Wildman–Crippen MR) is 106 cm³/mol. The summed E-state index contributed by atoms with van der Waals surface area (Å²) in [6.45, 7) is 2.16. The number of epoxide rings is 1. The highest BCUT2D eigenvalue weighted by molar-refractivity contribution is 5.66. The Kier molecular flexibility index (Phi) is 12.7. The Bertz CT molecular complexity index is 543. The molecule has 0 bridgehead atoms. The van der Waals surface area contributed by atoms with Crippen LogP contribution in [0.3, 0.4) is 0 Å². The van der Waals surface area contributed by atoms with E-state index in [1.807, 2.05) is 6.08 Å². The lowest BCUT2D eigenvalue weighted by atomic mass is 10.1. The molecule has 0 aromatic heterocycles. The zero-order valence-electron chi connectivity index (χ0n) is 16.8. The quantitative estimate of drug-likeness (QED) is 0.196. The number of allylic oxidation sites excluding steroid dienone is 5. The summed E-state index contributed by atoms with van der Waals surface area (Å²) in [5.74, 6) is -2.94. The van der Waals surface area contributed by atoms with Crippen molar-refractivity contribution >= 4 is 5.97 Å². The summed E-state index contributed by atoms with van der Waals surface area (Å²) in [7, 11) is 0. The van der Waals surface area contributed by atoms with Crippen molar-refractivity contribution in [3.05, 3.63) is 36.0 Å². The number of hydrogen-bond acceptors (Lipinski definition) is 3. The van der Waals surface area contributed by atoms with Crippen molar-refractivity contribution in [3.63, 3.8) is 0 Å². The molecule has 1 aliphatic rings. The molecule has 1 fully saturated rings. The van der Waals surface area contributed by atoms with Gasteiger partial charge in [0, 0.05) is 12.8 Å². The number of carboxylic acid groups (broad SMARTS) is 1. The summed E-state index contributed by atoms with van der Waals surface area (Å²) in [4.78, 5) is 10.4. The second kappa shape index (κ2) is 14.5. The zero-order valence-corrected chi connectivity index (χ0v) is 16.8. The highest BCUT2D eigenvalue weighted by Gasteiger charge is 2.46. The van der Waals surface area contributed by atoms with Gasteiger partial charge in [0.05, 0.1) is 6.10 Å². The maximum atomic E-state index is 14.0. The first-order chi connectivity index (χ1) is 13.5. The first kappa shape index (κ1) is 24.5. The van der Waals surface area contributed by atoms with Gasteiger partial charge in [-0.2, -0.15) is 0 Å². The van der Waals surface area contributed by atoms with E-state index in [4.69, 9.17) is 9.84 Å². The zero-order chi connectivity index (χ0) is 20.8. The minimum absolute atomic E-state index is 0.127. The van der Waals surface area contributed by atoms with Crippen molar-refractivity contribution < 1.29 is 28.5 Å². The molecule has 1 saturated heterocycles. The van der Waals surface area contributed by atoms with Gasteiger partial charge in [0.15, 0.2) is 5.83 Å². The van der Waals surface area contributed by atoms with Crippen LogP contribution in [0.1, 0.15) is 77.6 Å². The van der Waals surface area contributed by atoms with Crippen LogP contribution in [-0.4, -0.2) is 34.5 Å². The van der Waals surface area contributed by atoms with Gasteiger partial charge in [0.2, 0.25) is 0 Å². The third-order valence-electron chi connectivity index (χ3n) is 4.71. The number of aliphatic carboxylic acids is 1. The molecule has 0 aromatic carbocycles. The van der Waals surface area contributed by atoms with E-state index >= 15 is 0 Å². The summed E-state index contributed by atoms with van der Waals surface area (Å²) in [5.41, 5.74) is 0. The van der Waals surface area contributed by atoms with Crippen molar-refractivity contribution in [2.24, 2.45) is 0 Å². The Morgan fingerprint density at radius 2 is 1.82 bits per heavy atom. The molecule has 4 nitrogen and oxygen atoms in total. The van der Waals surface area contributed by atoms with Gasteiger partial charge in [-0.1, -0.05) is 56.9 Å². The molecule has 0 spiro atoms. The second-order valence-electron chi connectivity index (χ2n) is 7.21. The minimum Gasteiger partial charge on any atom is -0.481 e.